The Hall–Kier alpha value is -1.76. The van der Waals surface area contributed by atoms with E-state index in [-0.39, 0.29) is 5.41 Å². The Balaban J connectivity index is 1.79. The summed E-state index contributed by atoms with van der Waals surface area (Å²) in [5.41, 5.74) is 7.30. The molecule has 0 fully saturated rings. The molecule has 0 bridgehead atoms. The van der Waals surface area contributed by atoms with Gasteiger partial charge < -0.3 is 5.11 Å². The first kappa shape index (κ1) is 31.5. The summed E-state index contributed by atoms with van der Waals surface area (Å²) in [5, 5.41) is 9.70. The molecule has 1 atom stereocenters. The molecule has 0 saturated heterocycles. The number of rotatable bonds is 18. The molecule has 0 spiro atoms. The van der Waals surface area contributed by atoms with Crippen molar-refractivity contribution in [3.8, 4) is 5.75 Å². The van der Waals surface area contributed by atoms with Crippen molar-refractivity contribution in [3.63, 3.8) is 0 Å². The van der Waals surface area contributed by atoms with Crippen molar-refractivity contribution in [2.45, 2.75) is 156 Å². The molecule has 1 heteroatoms. The predicted molar refractivity (Wildman–Crippen MR) is 164 cm³/mol. The number of hydrogen-bond donors (Lipinski definition) is 1. The molecule has 1 nitrogen and oxygen atoms in total. The highest BCUT2D eigenvalue weighted by molar-refractivity contribution is 5.45. The van der Waals surface area contributed by atoms with Crippen molar-refractivity contribution in [1.82, 2.24) is 0 Å². The minimum Gasteiger partial charge on any atom is -0.508 e. The van der Waals surface area contributed by atoms with E-state index >= 15 is 0 Å². The van der Waals surface area contributed by atoms with Crippen LogP contribution in [0.4, 0.5) is 0 Å². The van der Waals surface area contributed by atoms with Gasteiger partial charge >= 0.3 is 0 Å². The van der Waals surface area contributed by atoms with Gasteiger partial charge in [0.05, 0.1) is 0 Å². The van der Waals surface area contributed by atoms with E-state index < -0.39 is 0 Å². The number of phenols is 1. The Morgan fingerprint density at radius 3 is 1.68 bits per heavy atom. The highest BCUT2D eigenvalue weighted by atomic mass is 16.3. The largest absolute Gasteiger partial charge is 0.508 e. The Bertz CT molecular complexity index is 871. The van der Waals surface area contributed by atoms with Gasteiger partial charge in [0.2, 0.25) is 0 Å². The fourth-order valence-corrected chi connectivity index (χ4v) is 5.58. The summed E-state index contributed by atoms with van der Waals surface area (Å²) in [4.78, 5) is 0. The van der Waals surface area contributed by atoms with Crippen molar-refractivity contribution in [2.24, 2.45) is 0 Å². The van der Waals surface area contributed by atoms with Crippen LogP contribution in [-0.4, -0.2) is 5.11 Å². The van der Waals surface area contributed by atoms with Gasteiger partial charge in [0.15, 0.2) is 0 Å². The van der Waals surface area contributed by atoms with Crippen molar-refractivity contribution < 1.29 is 5.11 Å². The van der Waals surface area contributed by atoms with Crippen LogP contribution in [0.3, 0.4) is 0 Å². The summed E-state index contributed by atoms with van der Waals surface area (Å²) in [6.07, 6.45) is 22.0. The smallest absolute Gasteiger partial charge is 0.115 e. The Morgan fingerprint density at radius 2 is 1.19 bits per heavy atom. The maximum Gasteiger partial charge on any atom is 0.115 e. The molecule has 0 aromatic heterocycles. The second kappa shape index (κ2) is 17.0. The fraction of sp³-hybridized carbons (Fsp3) is 0.667. The Labute approximate surface area is 230 Å². The van der Waals surface area contributed by atoms with Crippen LogP contribution in [0.2, 0.25) is 0 Å². The number of aromatic hydroxyl groups is 1. The lowest BCUT2D eigenvalue weighted by Crippen LogP contribution is -2.14. The van der Waals surface area contributed by atoms with Crippen LogP contribution >= 0.6 is 0 Å². The van der Waals surface area contributed by atoms with Crippen LogP contribution in [0, 0.1) is 6.92 Å². The monoisotopic (exact) mass is 506 g/mol. The normalized spacial score (nSPS) is 12.7. The van der Waals surface area contributed by atoms with Gasteiger partial charge in [-0.15, -0.1) is 0 Å². The summed E-state index contributed by atoms with van der Waals surface area (Å²) in [6.45, 7) is 14.0. The lowest BCUT2D eigenvalue weighted by molar-refractivity contribution is 0.475. The molecule has 208 valence electrons. The molecule has 2 aromatic rings. The molecular weight excluding hydrogens is 448 g/mol. The second-order valence-corrected chi connectivity index (χ2v) is 12.7. The molecule has 0 aliphatic heterocycles. The van der Waals surface area contributed by atoms with Gasteiger partial charge in [-0.05, 0) is 71.0 Å². The average molecular weight is 507 g/mol. The summed E-state index contributed by atoms with van der Waals surface area (Å²) < 4.78 is 0. The van der Waals surface area contributed by atoms with Gasteiger partial charge in [-0.25, -0.2) is 0 Å². The SMILES string of the molecule is CCCCCCCCCCCCCCCCC(C)c1cc(C(C)(C)C)cc(C)c1Cc1ccc(O)cc1. The first-order valence-electron chi connectivity index (χ1n) is 15.6. The zero-order valence-corrected chi connectivity index (χ0v) is 25.3. The van der Waals surface area contributed by atoms with E-state index in [4.69, 9.17) is 0 Å². The van der Waals surface area contributed by atoms with Gasteiger partial charge in [-0.2, -0.15) is 0 Å². The molecular formula is C36H58O. The van der Waals surface area contributed by atoms with Gasteiger partial charge in [0.25, 0.3) is 0 Å². The third kappa shape index (κ3) is 12.1. The number of benzene rings is 2. The standard InChI is InChI=1S/C36H58O/c1-7-8-9-10-11-12-13-14-15-16-17-18-19-20-21-29(2)35-28-32(36(4,5)6)26-30(3)34(35)27-31-22-24-33(37)25-23-31/h22-26,28-29,37H,7-21,27H2,1-6H3. The molecule has 2 rings (SSSR count). The Kier molecular flexibility index (Phi) is 14.4. The van der Waals surface area contributed by atoms with Crippen molar-refractivity contribution in [3.05, 3.63) is 64.2 Å². The van der Waals surface area contributed by atoms with E-state index in [1.807, 2.05) is 12.1 Å². The summed E-state index contributed by atoms with van der Waals surface area (Å²) in [5.74, 6) is 0.917. The van der Waals surface area contributed by atoms with Crippen molar-refractivity contribution in [2.75, 3.05) is 0 Å². The number of unbranched alkanes of at least 4 members (excludes halogenated alkanes) is 13. The zero-order valence-electron chi connectivity index (χ0n) is 25.3. The third-order valence-corrected chi connectivity index (χ3v) is 8.21. The second-order valence-electron chi connectivity index (χ2n) is 12.7. The maximum atomic E-state index is 9.70. The topological polar surface area (TPSA) is 20.2 Å². The first-order chi connectivity index (χ1) is 17.7. The van der Waals surface area contributed by atoms with Crippen LogP contribution in [0.15, 0.2) is 36.4 Å². The number of phenolic OH excluding ortho intramolecular Hbond substituents is 1. The minimum atomic E-state index is 0.158. The molecule has 1 unspecified atom stereocenters. The minimum absolute atomic E-state index is 0.158. The van der Waals surface area contributed by atoms with Gasteiger partial charge in [0.1, 0.15) is 5.75 Å². The first-order valence-corrected chi connectivity index (χ1v) is 15.6. The van der Waals surface area contributed by atoms with E-state index in [1.165, 1.54) is 124 Å². The molecule has 0 saturated carbocycles. The maximum absolute atomic E-state index is 9.70. The van der Waals surface area contributed by atoms with E-state index in [9.17, 15) is 5.11 Å². The lowest BCUT2D eigenvalue weighted by atomic mass is 9.79. The van der Waals surface area contributed by atoms with E-state index in [0.717, 1.165) is 6.42 Å². The number of hydrogen-bond acceptors (Lipinski definition) is 1. The highest BCUT2D eigenvalue weighted by Crippen LogP contribution is 2.34. The summed E-state index contributed by atoms with van der Waals surface area (Å²) in [6, 6.07) is 12.6. The van der Waals surface area contributed by atoms with E-state index in [1.54, 1.807) is 0 Å². The van der Waals surface area contributed by atoms with Crippen LogP contribution in [-0.2, 0) is 11.8 Å². The van der Waals surface area contributed by atoms with Crippen molar-refractivity contribution >= 4 is 0 Å². The van der Waals surface area contributed by atoms with Crippen LogP contribution < -0.4 is 0 Å². The average Bonchev–Trinajstić information content (AvgIpc) is 2.85. The predicted octanol–water partition coefficient (Wildman–Crippen LogP) is 11.6. The highest BCUT2D eigenvalue weighted by Gasteiger charge is 2.20. The fourth-order valence-electron chi connectivity index (χ4n) is 5.58. The van der Waals surface area contributed by atoms with Gasteiger partial charge in [-0.3, -0.25) is 0 Å². The number of aryl methyl sites for hydroxylation is 1. The molecule has 0 amide bonds. The molecule has 0 radical (unpaired) electrons. The van der Waals surface area contributed by atoms with Gasteiger partial charge in [-0.1, -0.05) is 149 Å². The summed E-state index contributed by atoms with van der Waals surface area (Å²) >= 11 is 0. The summed E-state index contributed by atoms with van der Waals surface area (Å²) in [7, 11) is 0. The molecule has 1 N–H and O–H groups in total. The Morgan fingerprint density at radius 1 is 0.703 bits per heavy atom. The quantitative estimate of drug-likeness (QED) is 0.199. The van der Waals surface area contributed by atoms with Gasteiger partial charge in [0, 0.05) is 0 Å². The molecule has 0 heterocycles. The lowest BCUT2D eigenvalue weighted by Gasteiger charge is -2.26. The molecule has 2 aromatic carbocycles. The van der Waals surface area contributed by atoms with Crippen LogP contribution in [0.25, 0.3) is 0 Å². The third-order valence-electron chi connectivity index (χ3n) is 8.21. The molecule has 0 aliphatic rings. The zero-order chi connectivity index (χ0) is 27.1. The van der Waals surface area contributed by atoms with Crippen molar-refractivity contribution in [1.29, 1.82) is 0 Å². The van der Waals surface area contributed by atoms with E-state index in [0.29, 0.717) is 11.7 Å². The molecule has 0 aliphatic carbocycles. The molecule has 37 heavy (non-hydrogen) atoms. The van der Waals surface area contributed by atoms with E-state index in [2.05, 4.69) is 65.8 Å². The van der Waals surface area contributed by atoms with Crippen LogP contribution in [0.5, 0.6) is 5.75 Å². The van der Waals surface area contributed by atoms with Crippen LogP contribution in [0.1, 0.15) is 165 Å².